The second-order valence-electron chi connectivity index (χ2n) is 4.59. The molecule has 1 aromatic heterocycles. The van der Waals surface area contributed by atoms with Gasteiger partial charge in [0.05, 0.1) is 12.5 Å². The lowest BCUT2D eigenvalue weighted by atomic mass is 9.96. The van der Waals surface area contributed by atoms with Crippen LogP contribution in [-0.4, -0.2) is 38.4 Å². The van der Waals surface area contributed by atoms with Crippen LogP contribution in [0.2, 0.25) is 0 Å². The summed E-state index contributed by atoms with van der Waals surface area (Å²) in [6, 6.07) is -0.431. The first-order chi connectivity index (χ1) is 8.90. The Morgan fingerprint density at radius 3 is 2.58 bits per heavy atom. The Morgan fingerprint density at radius 1 is 1.42 bits per heavy atom. The molecule has 19 heavy (non-hydrogen) atoms. The number of nitrogens with zero attached hydrogens (tertiary/aromatic N) is 3. The number of amides is 2. The first-order valence-corrected chi connectivity index (χ1v) is 5.99. The number of aryl methyl sites for hydroxylation is 1. The molecule has 0 aliphatic rings. The van der Waals surface area contributed by atoms with Gasteiger partial charge in [0.2, 0.25) is 0 Å². The molecule has 0 saturated heterocycles. The highest BCUT2D eigenvalue weighted by atomic mass is 16.4. The van der Waals surface area contributed by atoms with E-state index < -0.39 is 17.9 Å². The fourth-order valence-electron chi connectivity index (χ4n) is 1.50. The maximum absolute atomic E-state index is 11.5. The van der Waals surface area contributed by atoms with Gasteiger partial charge in [-0.3, -0.25) is 9.48 Å². The van der Waals surface area contributed by atoms with Crippen molar-refractivity contribution < 1.29 is 14.7 Å². The van der Waals surface area contributed by atoms with Crippen molar-refractivity contribution in [2.24, 2.45) is 18.9 Å². The summed E-state index contributed by atoms with van der Waals surface area (Å²) in [5.74, 6) is -1.06. The normalized spacial score (nSPS) is 12.2. The fraction of sp³-hybridized carbons (Fsp3) is 0.636. The third-order valence-corrected chi connectivity index (χ3v) is 2.66. The Hall–Kier alpha value is -2.12. The standard InChI is InChI=1S/C11H19N5O3/c1-7(2)8(10(17)18)4-12-11(19)13-5-9-14-6-16(3)15-9/h6-8H,4-5H2,1-3H3,(H,17,18)(H2,12,13,19). The van der Waals surface area contributed by atoms with E-state index in [4.69, 9.17) is 5.11 Å². The van der Waals surface area contributed by atoms with Crippen LogP contribution in [-0.2, 0) is 18.4 Å². The Balaban J connectivity index is 2.33. The minimum atomic E-state index is -0.915. The molecule has 1 rings (SSSR count). The van der Waals surface area contributed by atoms with E-state index in [0.717, 1.165) is 0 Å². The van der Waals surface area contributed by atoms with E-state index >= 15 is 0 Å². The largest absolute Gasteiger partial charge is 0.481 e. The van der Waals surface area contributed by atoms with Crippen LogP contribution in [0.4, 0.5) is 4.79 Å². The van der Waals surface area contributed by atoms with Gasteiger partial charge in [-0.15, -0.1) is 0 Å². The molecule has 3 N–H and O–H groups in total. The summed E-state index contributed by atoms with van der Waals surface area (Å²) >= 11 is 0. The van der Waals surface area contributed by atoms with Gasteiger partial charge in [-0.2, -0.15) is 5.10 Å². The summed E-state index contributed by atoms with van der Waals surface area (Å²) in [6.45, 7) is 3.90. The molecule has 1 heterocycles. The summed E-state index contributed by atoms with van der Waals surface area (Å²) in [5.41, 5.74) is 0. The lowest BCUT2D eigenvalue weighted by molar-refractivity contribution is -0.142. The third kappa shape index (κ3) is 4.94. The topological polar surface area (TPSA) is 109 Å². The predicted molar refractivity (Wildman–Crippen MR) is 67.2 cm³/mol. The van der Waals surface area contributed by atoms with E-state index in [-0.39, 0.29) is 19.0 Å². The zero-order chi connectivity index (χ0) is 14.4. The van der Waals surface area contributed by atoms with Gasteiger partial charge < -0.3 is 15.7 Å². The van der Waals surface area contributed by atoms with Gasteiger partial charge in [-0.25, -0.2) is 9.78 Å². The lowest BCUT2D eigenvalue weighted by Crippen LogP contribution is -2.41. The van der Waals surface area contributed by atoms with Crippen LogP contribution in [0, 0.1) is 11.8 Å². The molecule has 0 aromatic carbocycles. The van der Waals surface area contributed by atoms with Crippen molar-refractivity contribution in [2.45, 2.75) is 20.4 Å². The second-order valence-corrected chi connectivity index (χ2v) is 4.59. The molecule has 8 heteroatoms. The molecule has 1 unspecified atom stereocenters. The maximum Gasteiger partial charge on any atom is 0.315 e. The van der Waals surface area contributed by atoms with Gasteiger partial charge in [-0.05, 0) is 5.92 Å². The molecule has 0 radical (unpaired) electrons. The predicted octanol–water partition coefficient (Wildman–Crippen LogP) is -0.0289. The fourth-order valence-corrected chi connectivity index (χ4v) is 1.50. The van der Waals surface area contributed by atoms with E-state index in [0.29, 0.717) is 5.82 Å². The maximum atomic E-state index is 11.5. The number of rotatable bonds is 6. The zero-order valence-electron chi connectivity index (χ0n) is 11.3. The van der Waals surface area contributed by atoms with Crippen molar-refractivity contribution in [3.63, 3.8) is 0 Å². The van der Waals surface area contributed by atoms with Crippen molar-refractivity contribution in [1.29, 1.82) is 0 Å². The zero-order valence-corrected chi connectivity index (χ0v) is 11.3. The highest BCUT2D eigenvalue weighted by Gasteiger charge is 2.21. The second kappa shape index (κ2) is 6.72. The van der Waals surface area contributed by atoms with Crippen LogP contribution in [0.5, 0.6) is 0 Å². The molecule has 106 valence electrons. The van der Waals surface area contributed by atoms with Gasteiger partial charge in [0, 0.05) is 13.6 Å². The van der Waals surface area contributed by atoms with Crippen molar-refractivity contribution in [3.8, 4) is 0 Å². The average molecular weight is 269 g/mol. The lowest BCUT2D eigenvalue weighted by Gasteiger charge is -2.16. The molecule has 0 bridgehead atoms. The number of aliphatic carboxylic acids is 1. The average Bonchev–Trinajstić information content (AvgIpc) is 2.71. The van der Waals surface area contributed by atoms with E-state index in [2.05, 4.69) is 20.7 Å². The van der Waals surface area contributed by atoms with Gasteiger partial charge in [0.1, 0.15) is 6.33 Å². The highest BCUT2D eigenvalue weighted by molar-refractivity contribution is 5.75. The van der Waals surface area contributed by atoms with Crippen molar-refractivity contribution in [1.82, 2.24) is 25.4 Å². The van der Waals surface area contributed by atoms with Gasteiger partial charge in [-0.1, -0.05) is 13.8 Å². The SMILES string of the molecule is CC(C)C(CNC(=O)NCc1ncn(C)n1)C(=O)O. The Bertz CT molecular complexity index is 443. The number of nitrogens with one attached hydrogen (secondary N) is 2. The number of carboxylic acid groups (broad SMARTS) is 1. The van der Waals surface area contributed by atoms with Crippen molar-refractivity contribution in [2.75, 3.05) is 6.54 Å². The van der Waals surface area contributed by atoms with Crippen LogP contribution in [0.25, 0.3) is 0 Å². The summed E-state index contributed by atoms with van der Waals surface area (Å²) < 4.78 is 1.54. The van der Waals surface area contributed by atoms with Crippen LogP contribution in [0.1, 0.15) is 19.7 Å². The number of carbonyl (C=O) groups excluding carboxylic acids is 1. The molecule has 0 fully saturated rings. The van der Waals surface area contributed by atoms with Crippen LogP contribution in [0.3, 0.4) is 0 Å². The van der Waals surface area contributed by atoms with E-state index in [1.54, 1.807) is 20.9 Å². The molecule has 0 saturated carbocycles. The van der Waals surface area contributed by atoms with Crippen LogP contribution < -0.4 is 10.6 Å². The summed E-state index contributed by atoms with van der Waals surface area (Å²) in [7, 11) is 1.73. The monoisotopic (exact) mass is 269 g/mol. The van der Waals surface area contributed by atoms with E-state index in [1.807, 2.05) is 0 Å². The molecule has 1 aromatic rings. The summed E-state index contributed by atoms with van der Waals surface area (Å²) in [4.78, 5) is 26.4. The number of hydrogen-bond donors (Lipinski definition) is 3. The number of carbonyl (C=O) groups is 2. The Morgan fingerprint density at radius 2 is 2.11 bits per heavy atom. The summed E-state index contributed by atoms with van der Waals surface area (Å²) in [5, 5.41) is 18.1. The quantitative estimate of drug-likeness (QED) is 0.672. The van der Waals surface area contributed by atoms with Gasteiger partial charge in [0.15, 0.2) is 5.82 Å². The molecule has 0 aliphatic carbocycles. The highest BCUT2D eigenvalue weighted by Crippen LogP contribution is 2.09. The Labute approximate surface area is 111 Å². The van der Waals surface area contributed by atoms with Crippen LogP contribution in [0.15, 0.2) is 6.33 Å². The van der Waals surface area contributed by atoms with Crippen molar-refractivity contribution >= 4 is 12.0 Å². The molecule has 8 nitrogen and oxygen atoms in total. The first-order valence-electron chi connectivity index (χ1n) is 5.99. The minimum absolute atomic E-state index is 0.0461. The van der Waals surface area contributed by atoms with Crippen LogP contribution >= 0.6 is 0 Å². The first kappa shape index (κ1) is 14.9. The molecular formula is C11H19N5O3. The molecule has 0 spiro atoms. The smallest absolute Gasteiger partial charge is 0.315 e. The summed E-state index contributed by atoms with van der Waals surface area (Å²) in [6.07, 6.45) is 1.54. The number of aromatic nitrogens is 3. The molecule has 1 atom stereocenters. The van der Waals surface area contributed by atoms with Gasteiger partial charge in [0.25, 0.3) is 0 Å². The molecule has 2 amide bonds. The van der Waals surface area contributed by atoms with E-state index in [9.17, 15) is 9.59 Å². The third-order valence-electron chi connectivity index (χ3n) is 2.66. The Kier molecular flexibility index (Phi) is 5.28. The van der Waals surface area contributed by atoms with E-state index in [1.165, 1.54) is 11.0 Å². The van der Waals surface area contributed by atoms with Gasteiger partial charge >= 0.3 is 12.0 Å². The number of carboxylic acids is 1. The number of hydrogen-bond acceptors (Lipinski definition) is 4. The molecular weight excluding hydrogens is 250 g/mol. The minimum Gasteiger partial charge on any atom is -0.481 e. The van der Waals surface area contributed by atoms with Crippen molar-refractivity contribution in [3.05, 3.63) is 12.2 Å². The number of urea groups is 1. The molecule has 0 aliphatic heterocycles.